The molecule has 24 heteroatoms. The van der Waals surface area contributed by atoms with Crippen LogP contribution in [0.25, 0.3) is 0 Å². The molecule has 0 amide bonds. The van der Waals surface area contributed by atoms with Gasteiger partial charge in [0.25, 0.3) is 0 Å². The highest BCUT2D eigenvalue weighted by Gasteiger charge is 2.17. The lowest BCUT2D eigenvalue weighted by molar-refractivity contribution is -0.153. The molecule has 0 unspecified atom stereocenters. The molecule has 0 aromatic carbocycles. The number of esters is 10. The van der Waals surface area contributed by atoms with Gasteiger partial charge in [-0.25, -0.2) is 28.8 Å². The molecule has 0 atom stereocenters. The fraction of sp³-hybridized carbons (Fsp3) is 0.542. The summed E-state index contributed by atoms with van der Waals surface area (Å²) >= 11 is 0. The summed E-state index contributed by atoms with van der Waals surface area (Å²) in [6.07, 6.45) is 5.73. The Kier molecular flexibility index (Phi) is 38.6. The van der Waals surface area contributed by atoms with Crippen molar-refractivity contribution in [3.8, 4) is 0 Å². The van der Waals surface area contributed by atoms with Crippen LogP contribution < -0.4 is 0 Å². The normalized spacial score (nSPS) is 10.6. The molecule has 0 rings (SSSR count). The zero-order chi connectivity index (χ0) is 53.8. The Morgan fingerprint density at radius 3 is 0.556 bits per heavy atom. The number of carbonyl (C=O) groups excluding carboxylic acids is 10. The van der Waals surface area contributed by atoms with E-state index in [-0.39, 0.29) is 170 Å². The summed E-state index contributed by atoms with van der Waals surface area (Å²) in [5.74, 6) is -6.11. The molecule has 0 aliphatic carbocycles. The summed E-state index contributed by atoms with van der Waals surface area (Å²) in [4.78, 5) is 126. The van der Waals surface area contributed by atoms with Crippen LogP contribution in [0.5, 0.6) is 0 Å². The van der Waals surface area contributed by atoms with Gasteiger partial charge in [-0.05, 0) is 0 Å². The van der Waals surface area contributed by atoms with E-state index in [1.54, 1.807) is 19.6 Å². The molecule has 24 nitrogen and oxygen atoms in total. The zero-order valence-corrected chi connectivity index (χ0v) is 41.0. The molecule has 72 heavy (non-hydrogen) atoms. The molecule has 0 saturated carbocycles. The van der Waals surface area contributed by atoms with Crippen LogP contribution in [0.3, 0.4) is 0 Å². The van der Waals surface area contributed by atoms with Crippen molar-refractivity contribution in [1.82, 2.24) is 19.6 Å². The highest BCUT2D eigenvalue weighted by atomic mass is 16.6. The van der Waals surface area contributed by atoms with Crippen LogP contribution in [0.15, 0.2) is 75.9 Å². The summed E-state index contributed by atoms with van der Waals surface area (Å²) in [6, 6.07) is 0. The van der Waals surface area contributed by atoms with Gasteiger partial charge in [0.2, 0.25) is 0 Å². The lowest BCUT2D eigenvalue weighted by atomic mass is 10.3. The van der Waals surface area contributed by atoms with Gasteiger partial charge in [-0.2, -0.15) is 0 Å². The second kappa shape index (κ2) is 42.8. The van der Waals surface area contributed by atoms with Gasteiger partial charge in [-0.15, -0.1) is 0 Å². The molecule has 0 bridgehead atoms. The van der Waals surface area contributed by atoms with Gasteiger partial charge in [-0.3, -0.25) is 38.8 Å². The molecule has 0 spiro atoms. The molecule has 0 fully saturated rings. The van der Waals surface area contributed by atoms with Gasteiger partial charge in [0.1, 0.15) is 66.1 Å². The molecule has 402 valence electrons. The van der Waals surface area contributed by atoms with E-state index < -0.39 is 59.7 Å². The molecular formula is C48H70N4O20. The Hall–Kier alpha value is -7.02. The van der Waals surface area contributed by atoms with E-state index in [2.05, 4.69) is 39.5 Å². The number of rotatable bonds is 45. The standard InChI is InChI=1S/C48H70N4O20/c1-7-39(53)63-29-21-49(22-30-64-40(54)8-2)17-13-45(59)69-35-27-51(25-33-67-43(57)11-5)19-15-47(61)71-37-38-72-48(62)16-20-52(26-34-68-44(58)12-6)28-36-70-46(60)14-18-50(23-31-65-41(55)9-3)24-32-66-42(56)10-4/h7-12H,1-6,13-38H2. The van der Waals surface area contributed by atoms with E-state index in [0.29, 0.717) is 0 Å². The van der Waals surface area contributed by atoms with Crippen molar-refractivity contribution in [1.29, 1.82) is 0 Å². The lowest BCUT2D eigenvalue weighted by Crippen LogP contribution is -2.35. The van der Waals surface area contributed by atoms with Crippen molar-refractivity contribution < 1.29 is 95.3 Å². The summed E-state index contributed by atoms with van der Waals surface area (Å²) in [5, 5.41) is 0. The molecule has 0 N–H and O–H groups in total. The van der Waals surface area contributed by atoms with Crippen molar-refractivity contribution in [2.24, 2.45) is 0 Å². The highest BCUT2D eigenvalue weighted by Crippen LogP contribution is 2.03. The Bertz CT molecular complexity index is 1610. The quantitative estimate of drug-likeness (QED) is 0.0343. The Morgan fingerprint density at radius 1 is 0.236 bits per heavy atom. The van der Waals surface area contributed by atoms with Gasteiger partial charge < -0.3 is 47.4 Å². The molecule has 0 radical (unpaired) electrons. The van der Waals surface area contributed by atoms with Crippen LogP contribution in [0.2, 0.25) is 0 Å². The topological polar surface area (TPSA) is 276 Å². The summed E-state index contributed by atoms with van der Waals surface area (Å²) in [7, 11) is 0. The maximum absolute atomic E-state index is 12.6. The average Bonchev–Trinajstić information content (AvgIpc) is 3.37. The lowest BCUT2D eigenvalue weighted by Gasteiger charge is -2.23. The van der Waals surface area contributed by atoms with E-state index in [0.717, 1.165) is 36.5 Å². The van der Waals surface area contributed by atoms with Crippen LogP contribution in [0, 0.1) is 0 Å². The van der Waals surface area contributed by atoms with Crippen molar-refractivity contribution in [2.45, 2.75) is 25.7 Å². The molecule has 0 heterocycles. The van der Waals surface area contributed by atoms with Crippen LogP contribution in [0.4, 0.5) is 0 Å². The van der Waals surface area contributed by atoms with E-state index in [4.69, 9.17) is 47.4 Å². The van der Waals surface area contributed by atoms with Crippen molar-refractivity contribution >= 4 is 59.7 Å². The maximum atomic E-state index is 12.6. The number of carbonyl (C=O) groups is 10. The fourth-order valence-electron chi connectivity index (χ4n) is 5.52. The first-order chi connectivity index (χ1) is 34.6. The SMILES string of the molecule is C=CC(=O)OCCN(CCOC(=O)C=C)CCC(=O)OCCN(CCOC(=O)C=C)CCC(=O)OCCOC(=O)CCN(CCOC(=O)C=C)CCOC(=O)CCN(CCOC(=O)C=C)CCOC(=O)C=C. The van der Waals surface area contributed by atoms with Crippen LogP contribution in [-0.4, -0.2) is 224 Å². The third-order valence-electron chi connectivity index (χ3n) is 9.39. The summed E-state index contributed by atoms with van der Waals surface area (Å²) in [5.41, 5.74) is 0. The van der Waals surface area contributed by atoms with Gasteiger partial charge in [-0.1, -0.05) is 39.5 Å². The Balaban J connectivity index is 5.02. The predicted molar refractivity (Wildman–Crippen MR) is 255 cm³/mol. The summed E-state index contributed by atoms with van der Waals surface area (Å²) < 4.78 is 51.3. The first kappa shape index (κ1) is 65.0. The first-order valence-electron chi connectivity index (χ1n) is 22.9. The van der Waals surface area contributed by atoms with Crippen LogP contribution in [0.1, 0.15) is 25.7 Å². The Labute approximate surface area is 420 Å². The monoisotopic (exact) mass is 1020 g/mol. The third kappa shape index (κ3) is 37.8. The van der Waals surface area contributed by atoms with E-state index in [9.17, 15) is 47.9 Å². The highest BCUT2D eigenvalue weighted by molar-refractivity contribution is 5.83. The molecule has 0 saturated heterocycles. The minimum absolute atomic E-state index is 0.00346. The zero-order valence-electron chi connectivity index (χ0n) is 41.0. The maximum Gasteiger partial charge on any atom is 0.330 e. The van der Waals surface area contributed by atoms with Crippen molar-refractivity contribution in [3.63, 3.8) is 0 Å². The second-order valence-corrected chi connectivity index (χ2v) is 14.5. The van der Waals surface area contributed by atoms with Gasteiger partial charge >= 0.3 is 59.7 Å². The first-order valence-corrected chi connectivity index (χ1v) is 22.9. The fourth-order valence-corrected chi connectivity index (χ4v) is 5.52. The van der Waals surface area contributed by atoms with Gasteiger partial charge in [0, 0.05) is 115 Å². The van der Waals surface area contributed by atoms with E-state index >= 15 is 0 Å². The minimum atomic E-state index is -0.649. The van der Waals surface area contributed by atoms with Crippen molar-refractivity contribution in [3.05, 3.63) is 75.9 Å². The number of ether oxygens (including phenoxy) is 10. The average molecular weight is 1020 g/mol. The third-order valence-corrected chi connectivity index (χ3v) is 9.39. The van der Waals surface area contributed by atoms with E-state index in [1.807, 2.05) is 0 Å². The van der Waals surface area contributed by atoms with Gasteiger partial charge in [0.05, 0.1) is 25.7 Å². The Morgan fingerprint density at radius 2 is 0.389 bits per heavy atom. The largest absolute Gasteiger partial charge is 0.464 e. The van der Waals surface area contributed by atoms with Gasteiger partial charge in [0.15, 0.2) is 0 Å². The minimum Gasteiger partial charge on any atom is -0.464 e. The van der Waals surface area contributed by atoms with Crippen molar-refractivity contribution in [2.75, 3.05) is 145 Å². The molecule has 0 aromatic heterocycles. The number of nitrogens with zero attached hydrogens (tertiary/aromatic N) is 4. The van der Waals surface area contributed by atoms with Crippen LogP contribution >= 0.6 is 0 Å². The number of hydrogen-bond acceptors (Lipinski definition) is 24. The number of hydrogen-bond donors (Lipinski definition) is 0. The smallest absolute Gasteiger partial charge is 0.330 e. The van der Waals surface area contributed by atoms with E-state index in [1.165, 1.54) is 0 Å². The summed E-state index contributed by atoms with van der Waals surface area (Å²) in [6.45, 7) is 21.5. The van der Waals surface area contributed by atoms with Crippen LogP contribution in [-0.2, 0) is 95.3 Å². The second-order valence-electron chi connectivity index (χ2n) is 14.5. The predicted octanol–water partition coefficient (Wildman–Crippen LogP) is 0.303. The molecule has 0 aliphatic heterocycles. The molecular weight excluding hydrogens is 953 g/mol. The molecule has 0 aromatic rings. The molecule has 0 aliphatic rings.